The molecule has 30 heavy (non-hydrogen) atoms. The molecule has 0 saturated heterocycles. The summed E-state index contributed by atoms with van der Waals surface area (Å²) in [5.41, 5.74) is 2.73. The molecular weight excluding hydrogens is 406 g/mol. The molecule has 162 valence electrons. The number of sulfonamides is 1. The normalized spacial score (nSPS) is 11.9. The predicted molar refractivity (Wildman–Crippen MR) is 113 cm³/mol. The monoisotopic (exact) mass is 433 g/mol. The number of rotatable bonds is 9. The zero-order valence-electron chi connectivity index (χ0n) is 17.5. The van der Waals surface area contributed by atoms with Crippen LogP contribution in [0.25, 0.3) is 0 Å². The SMILES string of the molecule is CN(C)S(=O)(=O)c1ccccc1CNC(=O)CONC(=O)C(C)(C)c1ccccc1. The van der Waals surface area contributed by atoms with Crippen LogP contribution in [0.2, 0.25) is 0 Å². The van der Waals surface area contributed by atoms with E-state index in [2.05, 4.69) is 10.8 Å². The molecule has 0 aliphatic rings. The fourth-order valence-electron chi connectivity index (χ4n) is 2.62. The molecule has 0 unspecified atom stereocenters. The van der Waals surface area contributed by atoms with Crippen molar-refractivity contribution in [1.82, 2.24) is 15.1 Å². The lowest BCUT2D eigenvalue weighted by Crippen LogP contribution is -2.41. The predicted octanol–water partition coefficient (Wildman–Crippen LogP) is 1.58. The molecule has 2 rings (SSSR count). The molecule has 0 saturated carbocycles. The summed E-state index contributed by atoms with van der Waals surface area (Å²) >= 11 is 0. The lowest BCUT2D eigenvalue weighted by Gasteiger charge is -2.23. The minimum atomic E-state index is -3.63. The van der Waals surface area contributed by atoms with Crippen LogP contribution in [0.5, 0.6) is 0 Å². The second kappa shape index (κ2) is 9.84. The smallest absolute Gasteiger partial charge is 0.253 e. The number of benzene rings is 2. The maximum absolute atomic E-state index is 12.4. The van der Waals surface area contributed by atoms with Gasteiger partial charge in [-0.15, -0.1) is 0 Å². The molecule has 0 radical (unpaired) electrons. The Bertz CT molecular complexity index is 989. The van der Waals surface area contributed by atoms with Crippen molar-refractivity contribution in [1.29, 1.82) is 0 Å². The van der Waals surface area contributed by atoms with Crippen molar-refractivity contribution in [2.75, 3.05) is 20.7 Å². The fourth-order valence-corrected chi connectivity index (χ4v) is 3.74. The van der Waals surface area contributed by atoms with Gasteiger partial charge in [0.05, 0.1) is 10.3 Å². The summed E-state index contributed by atoms with van der Waals surface area (Å²) in [6, 6.07) is 15.6. The third kappa shape index (κ3) is 5.65. The summed E-state index contributed by atoms with van der Waals surface area (Å²) in [7, 11) is -0.747. The Morgan fingerprint density at radius 2 is 1.60 bits per heavy atom. The van der Waals surface area contributed by atoms with E-state index in [0.717, 1.165) is 9.87 Å². The Hall–Kier alpha value is -2.75. The second-order valence-corrected chi connectivity index (χ2v) is 9.50. The van der Waals surface area contributed by atoms with Crippen LogP contribution in [-0.2, 0) is 36.4 Å². The van der Waals surface area contributed by atoms with Crippen LogP contribution in [-0.4, -0.2) is 45.2 Å². The van der Waals surface area contributed by atoms with Gasteiger partial charge in [0.2, 0.25) is 15.9 Å². The van der Waals surface area contributed by atoms with Gasteiger partial charge in [-0.1, -0.05) is 48.5 Å². The number of hydrogen-bond acceptors (Lipinski definition) is 5. The highest BCUT2D eigenvalue weighted by molar-refractivity contribution is 7.89. The van der Waals surface area contributed by atoms with E-state index in [-0.39, 0.29) is 17.3 Å². The molecule has 0 bridgehead atoms. The maximum Gasteiger partial charge on any atom is 0.253 e. The van der Waals surface area contributed by atoms with E-state index in [4.69, 9.17) is 4.84 Å². The topological polar surface area (TPSA) is 105 Å². The van der Waals surface area contributed by atoms with Crippen LogP contribution in [0.3, 0.4) is 0 Å². The van der Waals surface area contributed by atoms with Crippen LogP contribution in [0.15, 0.2) is 59.5 Å². The Balaban J connectivity index is 1.89. The number of amides is 2. The van der Waals surface area contributed by atoms with Gasteiger partial charge in [0.25, 0.3) is 5.91 Å². The Morgan fingerprint density at radius 3 is 2.23 bits per heavy atom. The second-order valence-electron chi connectivity index (χ2n) is 7.38. The van der Waals surface area contributed by atoms with Crippen LogP contribution in [0.4, 0.5) is 0 Å². The van der Waals surface area contributed by atoms with Gasteiger partial charge in [0.15, 0.2) is 6.61 Å². The van der Waals surface area contributed by atoms with Crippen LogP contribution in [0, 0.1) is 0 Å². The third-order valence-corrected chi connectivity index (χ3v) is 6.55. The van der Waals surface area contributed by atoms with E-state index in [9.17, 15) is 18.0 Å². The lowest BCUT2D eigenvalue weighted by atomic mass is 9.84. The first-order valence-corrected chi connectivity index (χ1v) is 10.8. The van der Waals surface area contributed by atoms with Crippen molar-refractivity contribution in [3.63, 3.8) is 0 Å². The highest BCUT2D eigenvalue weighted by Gasteiger charge is 2.30. The van der Waals surface area contributed by atoms with Gasteiger partial charge in [-0.2, -0.15) is 0 Å². The molecule has 2 aromatic rings. The first-order chi connectivity index (χ1) is 14.1. The van der Waals surface area contributed by atoms with Crippen molar-refractivity contribution in [3.8, 4) is 0 Å². The molecule has 0 aliphatic heterocycles. The van der Waals surface area contributed by atoms with E-state index >= 15 is 0 Å². The van der Waals surface area contributed by atoms with Crippen LogP contribution in [0.1, 0.15) is 25.0 Å². The average Bonchev–Trinajstić information content (AvgIpc) is 2.72. The largest absolute Gasteiger partial charge is 0.350 e. The van der Waals surface area contributed by atoms with Crippen molar-refractivity contribution in [2.45, 2.75) is 30.7 Å². The molecule has 0 fully saturated rings. The minimum absolute atomic E-state index is 0.00882. The number of hydrogen-bond donors (Lipinski definition) is 2. The Kier molecular flexibility index (Phi) is 7.71. The quantitative estimate of drug-likeness (QED) is 0.584. The highest BCUT2D eigenvalue weighted by atomic mass is 32.2. The van der Waals surface area contributed by atoms with Crippen molar-refractivity contribution < 1.29 is 22.8 Å². The fraction of sp³-hybridized carbons (Fsp3) is 0.333. The molecule has 0 aromatic heterocycles. The molecule has 0 atom stereocenters. The van der Waals surface area contributed by atoms with Gasteiger partial charge in [0, 0.05) is 20.6 Å². The molecule has 0 aliphatic carbocycles. The summed E-state index contributed by atoms with van der Waals surface area (Å²) < 4.78 is 25.9. The van der Waals surface area contributed by atoms with E-state index in [1.54, 1.807) is 32.0 Å². The van der Waals surface area contributed by atoms with E-state index < -0.39 is 28.0 Å². The first kappa shape index (κ1) is 23.5. The third-order valence-electron chi connectivity index (χ3n) is 4.64. The summed E-state index contributed by atoms with van der Waals surface area (Å²) in [6.45, 7) is 3.11. The van der Waals surface area contributed by atoms with Crippen LogP contribution < -0.4 is 10.8 Å². The lowest BCUT2D eigenvalue weighted by molar-refractivity contribution is -0.142. The van der Waals surface area contributed by atoms with Crippen LogP contribution >= 0.6 is 0 Å². The molecular formula is C21H27N3O5S. The van der Waals surface area contributed by atoms with Gasteiger partial charge in [-0.25, -0.2) is 18.2 Å². The highest BCUT2D eigenvalue weighted by Crippen LogP contribution is 2.23. The van der Waals surface area contributed by atoms with Crippen molar-refractivity contribution in [3.05, 3.63) is 65.7 Å². The van der Waals surface area contributed by atoms with Crippen molar-refractivity contribution in [2.24, 2.45) is 0 Å². The molecule has 0 spiro atoms. The number of nitrogens with one attached hydrogen (secondary N) is 2. The summed E-state index contributed by atoms with van der Waals surface area (Å²) in [5.74, 6) is -0.881. The summed E-state index contributed by atoms with van der Waals surface area (Å²) in [4.78, 5) is 29.6. The zero-order valence-corrected chi connectivity index (χ0v) is 18.3. The number of carbonyl (C=O) groups is 2. The van der Waals surface area contributed by atoms with Gasteiger partial charge in [0.1, 0.15) is 0 Å². The number of nitrogens with zero attached hydrogens (tertiary/aromatic N) is 1. The summed E-state index contributed by atoms with van der Waals surface area (Å²) in [6.07, 6.45) is 0. The number of carbonyl (C=O) groups excluding carboxylic acids is 2. The molecule has 8 nitrogen and oxygen atoms in total. The van der Waals surface area contributed by atoms with Gasteiger partial charge >= 0.3 is 0 Å². The first-order valence-electron chi connectivity index (χ1n) is 9.31. The van der Waals surface area contributed by atoms with E-state index in [1.807, 2.05) is 30.3 Å². The average molecular weight is 434 g/mol. The Labute approximate surface area is 177 Å². The van der Waals surface area contributed by atoms with Crippen molar-refractivity contribution >= 4 is 21.8 Å². The molecule has 9 heteroatoms. The standard InChI is InChI=1S/C21H27N3O5S/c1-21(2,17-11-6-5-7-12-17)20(26)23-29-15-19(25)22-14-16-10-8-9-13-18(16)30(27,28)24(3)4/h5-13H,14-15H2,1-4H3,(H,22,25)(H,23,26). The molecule has 2 aromatic carbocycles. The van der Waals surface area contributed by atoms with Gasteiger partial charge < -0.3 is 5.32 Å². The molecule has 2 N–H and O–H groups in total. The zero-order chi connectivity index (χ0) is 22.4. The maximum atomic E-state index is 12.4. The minimum Gasteiger partial charge on any atom is -0.350 e. The Morgan fingerprint density at radius 1 is 1.00 bits per heavy atom. The molecule has 0 heterocycles. The summed E-state index contributed by atoms with van der Waals surface area (Å²) in [5, 5.41) is 2.60. The molecule has 2 amide bonds. The van der Waals surface area contributed by atoms with E-state index in [0.29, 0.717) is 5.56 Å². The van der Waals surface area contributed by atoms with E-state index in [1.165, 1.54) is 20.2 Å². The van der Waals surface area contributed by atoms with Gasteiger partial charge in [-0.3, -0.25) is 14.4 Å². The van der Waals surface area contributed by atoms with Gasteiger partial charge in [-0.05, 0) is 31.0 Å². The number of hydroxylamine groups is 1.